The molecule has 0 saturated carbocycles. The van der Waals surface area contributed by atoms with E-state index in [2.05, 4.69) is 10.6 Å². The average Bonchev–Trinajstić information content (AvgIpc) is 3.07. The van der Waals surface area contributed by atoms with E-state index in [0.717, 1.165) is 5.75 Å². The van der Waals surface area contributed by atoms with E-state index in [4.69, 9.17) is 18.9 Å². The van der Waals surface area contributed by atoms with Gasteiger partial charge in [-0.2, -0.15) is 0 Å². The molecule has 2 aliphatic heterocycles. The van der Waals surface area contributed by atoms with Crippen LogP contribution in [0.5, 0.6) is 23.0 Å². The van der Waals surface area contributed by atoms with Crippen molar-refractivity contribution in [2.45, 2.75) is 6.10 Å². The number of hydrogen-bond donors (Lipinski definition) is 2. The third-order valence-electron chi connectivity index (χ3n) is 3.69. The van der Waals surface area contributed by atoms with Crippen LogP contribution in [0.25, 0.3) is 0 Å². The molecular formula is C17H16N2O5. The van der Waals surface area contributed by atoms with Crippen LogP contribution in [-0.4, -0.2) is 32.1 Å². The molecule has 7 heteroatoms. The summed E-state index contributed by atoms with van der Waals surface area (Å²) in [6.45, 7) is 0.928. The van der Waals surface area contributed by atoms with Crippen molar-refractivity contribution in [3.05, 3.63) is 42.5 Å². The normalized spacial score (nSPS) is 17.2. The fourth-order valence-corrected chi connectivity index (χ4v) is 2.52. The first-order chi connectivity index (χ1) is 11.8. The Morgan fingerprint density at radius 3 is 2.71 bits per heavy atom. The van der Waals surface area contributed by atoms with Crippen LogP contribution in [0.3, 0.4) is 0 Å². The third kappa shape index (κ3) is 3.01. The van der Waals surface area contributed by atoms with Crippen LogP contribution < -0.4 is 29.6 Å². The second-order valence-corrected chi connectivity index (χ2v) is 5.40. The molecule has 7 nitrogen and oxygen atoms in total. The van der Waals surface area contributed by atoms with Gasteiger partial charge in [0.15, 0.2) is 29.1 Å². The van der Waals surface area contributed by atoms with Gasteiger partial charge < -0.3 is 29.6 Å². The van der Waals surface area contributed by atoms with Crippen LogP contribution in [0.4, 0.5) is 10.5 Å². The molecule has 24 heavy (non-hydrogen) atoms. The smallest absolute Gasteiger partial charge is 0.319 e. The summed E-state index contributed by atoms with van der Waals surface area (Å²) in [5.74, 6) is 2.70. The second-order valence-electron chi connectivity index (χ2n) is 5.40. The molecule has 124 valence electrons. The third-order valence-corrected chi connectivity index (χ3v) is 3.69. The van der Waals surface area contributed by atoms with Crippen molar-refractivity contribution in [1.29, 1.82) is 0 Å². The van der Waals surface area contributed by atoms with Crippen molar-refractivity contribution in [3.63, 3.8) is 0 Å². The number of carbonyl (C=O) groups is 1. The molecule has 2 N–H and O–H groups in total. The minimum atomic E-state index is -0.323. The number of nitrogens with one attached hydrogen (secondary N) is 2. The minimum Gasteiger partial charge on any atom is -0.486 e. The van der Waals surface area contributed by atoms with Crippen LogP contribution in [0.2, 0.25) is 0 Å². The number of para-hydroxylation sites is 2. The minimum absolute atomic E-state index is 0.200. The Hall–Kier alpha value is -3.09. The molecule has 2 aromatic rings. The molecule has 0 aliphatic carbocycles. The summed E-state index contributed by atoms with van der Waals surface area (Å²) >= 11 is 0. The quantitative estimate of drug-likeness (QED) is 0.904. The molecule has 0 saturated heterocycles. The van der Waals surface area contributed by atoms with Crippen LogP contribution >= 0.6 is 0 Å². The topological polar surface area (TPSA) is 78.1 Å². The first-order valence-electron chi connectivity index (χ1n) is 7.61. The van der Waals surface area contributed by atoms with Gasteiger partial charge in [0.25, 0.3) is 0 Å². The van der Waals surface area contributed by atoms with Gasteiger partial charge in [-0.1, -0.05) is 12.1 Å². The average molecular weight is 328 g/mol. The lowest BCUT2D eigenvalue weighted by molar-refractivity contribution is 0.0922. The summed E-state index contributed by atoms with van der Waals surface area (Å²) in [6.07, 6.45) is -0.234. The van der Waals surface area contributed by atoms with Crippen LogP contribution in [0.1, 0.15) is 0 Å². The highest BCUT2D eigenvalue weighted by atomic mass is 16.7. The van der Waals surface area contributed by atoms with Gasteiger partial charge in [0.2, 0.25) is 6.79 Å². The number of anilines is 1. The molecule has 2 aliphatic rings. The fourth-order valence-electron chi connectivity index (χ4n) is 2.52. The van der Waals surface area contributed by atoms with E-state index in [0.29, 0.717) is 36.1 Å². The lowest BCUT2D eigenvalue weighted by Gasteiger charge is -2.26. The number of fused-ring (bicyclic) bond motifs is 2. The van der Waals surface area contributed by atoms with E-state index in [1.54, 1.807) is 18.2 Å². The largest absolute Gasteiger partial charge is 0.486 e. The second kappa shape index (κ2) is 6.19. The molecule has 0 fully saturated rings. The number of benzene rings is 2. The molecule has 2 amide bonds. The maximum absolute atomic E-state index is 12.0. The summed E-state index contributed by atoms with van der Waals surface area (Å²) in [5.41, 5.74) is 0.628. The molecule has 0 aromatic heterocycles. The number of amides is 2. The Labute approximate surface area is 138 Å². The summed E-state index contributed by atoms with van der Waals surface area (Å²) < 4.78 is 21.9. The highest BCUT2D eigenvalue weighted by molar-refractivity contribution is 5.89. The zero-order valence-electron chi connectivity index (χ0n) is 12.8. The Kier molecular flexibility index (Phi) is 3.74. The van der Waals surface area contributed by atoms with Crippen molar-refractivity contribution in [2.75, 3.05) is 25.3 Å². The van der Waals surface area contributed by atoms with E-state index in [-0.39, 0.29) is 18.9 Å². The zero-order chi connectivity index (χ0) is 16.4. The Bertz CT molecular complexity index is 764. The van der Waals surface area contributed by atoms with Crippen molar-refractivity contribution < 1.29 is 23.7 Å². The maximum atomic E-state index is 12.0. The molecule has 2 heterocycles. The Balaban J connectivity index is 1.30. The maximum Gasteiger partial charge on any atom is 0.319 e. The monoisotopic (exact) mass is 328 g/mol. The van der Waals surface area contributed by atoms with E-state index in [1.807, 2.05) is 24.3 Å². The summed E-state index contributed by atoms with van der Waals surface area (Å²) in [5, 5.41) is 5.52. The molecule has 1 atom stereocenters. The predicted molar refractivity (Wildman–Crippen MR) is 85.9 cm³/mol. The van der Waals surface area contributed by atoms with Gasteiger partial charge in [-0.3, -0.25) is 0 Å². The zero-order valence-corrected chi connectivity index (χ0v) is 12.8. The molecule has 0 radical (unpaired) electrons. The van der Waals surface area contributed by atoms with Crippen molar-refractivity contribution in [1.82, 2.24) is 5.32 Å². The van der Waals surface area contributed by atoms with E-state index in [9.17, 15) is 4.79 Å². The molecule has 2 aromatic carbocycles. The fraction of sp³-hybridized carbons (Fsp3) is 0.235. The van der Waals surface area contributed by atoms with E-state index < -0.39 is 0 Å². The van der Waals surface area contributed by atoms with E-state index in [1.165, 1.54) is 0 Å². The lowest BCUT2D eigenvalue weighted by Crippen LogP contribution is -2.42. The summed E-state index contributed by atoms with van der Waals surface area (Å²) in [7, 11) is 0. The Morgan fingerprint density at radius 2 is 1.79 bits per heavy atom. The number of hydrogen-bond acceptors (Lipinski definition) is 5. The van der Waals surface area contributed by atoms with Crippen molar-refractivity contribution >= 4 is 11.7 Å². The highest BCUT2D eigenvalue weighted by Gasteiger charge is 2.21. The van der Waals surface area contributed by atoms with Gasteiger partial charge in [-0.05, 0) is 24.3 Å². The lowest BCUT2D eigenvalue weighted by atomic mass is 10.2. The van der Waals surface area contributed by atoms with Gasteiger partial charge >= 0.3 is 6.03 Å². The van der Waals surface area contributed by atoms with Gasteiger partial charge in [-0.15, -0.1) is 0 Å². The van der Waals surface area contributed by atoms with Gasteiger partial charge in [0, 0.05) is 11.8 Å². The van der Waals surface area contributed by atoms with Gasteiger partial charge in [0.1, 0.15) is 6.61 Å². The van der Waals surface area contributed by atoms with Crippen LogP contribution in [-0.2, 0) is 0 Å². The summed E-state index contributed by atoms with van der Waals surface area (Å²) in [6, 6.07) is 12.4. The van der Waals surface area contributed by atoms with Gasteiger partial charge in [-0.25, -0.2) is 4.79 Å². The van der Waals surface area contributed by atoms with Crippen LogP contribution in [0, 0.1) is 0 Å². The number of ether oxygens (including phenoxy) is 4. The predicted octanol–water partition coefficient (Wildman–Crippen LogP) is 2.38. The number of carbonyl (C=O) groups excluding carboxylic acids is 1. The first-order valence-corrected chi connectivity index (χ1v) is 7.61. The van der Waals surface area contributed by atoms with Crippen molar-refractivity contribution in [2.24, 2.45) is 0 Å². The van der Waals surface area contributed by atoms with Gasteiger partial charge in [0.05, 0.1) is 6.54 Å². The molecule has 0 unspecified atom stereocenters. The molecule has 4 rings (SSSR count). The van der Waals surface area contributed by atoms with Crippen LogP contribution in [0.15, 0.2) is 42.5 Å². The standard InChI is InChI=1S/C17H16N2O5/c20-17(19-11-5-6-14-16(7-11)23-10-22-14)18-8-12-9-21-13-3-1-2-4-15(13)24-12/h1-7,12H,8-10H2,(H2,18,19,20)/t12-/m1/s1. The summed E-state index contributed by atoms with van der Waals surface area (Å²) in [4.78, 5) is 12.0. The highest BCUT2D eigenvalue weighted by Crippen LogP contribution is 2.34. The molecular weight excluding hydrogens is 312 g/mol. The SMILES string of the molecule is O=C(NC[C@@H]1COc2ccccc2O1)Nc1ccc2c(c1)OCO2. The molecule has 0 spiro atoms. The van der Waals surface area contributed by atoms with E-state index >= 15 is 0 Å². The Morgan fingerprint density at radius 1 is 1.00 bits per heavy atom. The van der Waals surface area contributed by atoms with Crippen molar-refractivity contribution in [3.8, 4) is 23.0 Å². The number of rotatable bonds is 3. The first kappa shape index (κ1) is 14.5. The number of urea groups is 1. The molecule has 0 bridgehead atoms.